The van der Waals surface area contributed by atoms with Gasteiger partial charge in [-0.3, -0.25) is 14.4 Å². The third-order valence-electron chi connectivity index (χ3n) is 13.1. The van der Waals surface area contributed by atoms with E-state index in [1.54, 1.807) is 0 Å². The van der Waals surface area contributed by atoms with Crippen LogP contribution in [0.25, 0.3) is 0 Å². The van der Waals surface area contributed by atoms with Gasteiger partial charge in [0.2, 0.25) is 0 Å². The number of allylic oxidation sites excluding steroid dienone is 1. The summed E-state index contributed by atoms with van der Waals surface area (Å²) in [7, 11) is 0. The predicted molar refractivity (Wildman–Crippen MR) is 130 cm³/mol. The van der Waals surface area contributed by atoms with Gasteiger partial charge in [-0.05, 0) is 96.4 Å². The maximum absolute atomic E-state index is 13.9. The van der Waals surface area contributed by atoms with Gasteiger partial charge in [0.25, 0.3) is 0 Å². The maximum Gasteiger partial charge on any atom is 0.145 e. The lowest BCUT2D eigenvalue weighted by atomic mass is 9.32. The highest BCUT2D eigenvalue weighted by atomic mass is 16.1. The molecule has 3 nitrogen and oxygen atoms in total. The second-order valence-corrected chi connectivity index (χ2v) is 14.2. The highest BCUT2D eigenvalue weighted by molar-refractivity contribution is 5.88. The fraction of sp³-hybridized carbons (Fsp3) is 0.833. The Kier molecular flexibility index (Phi) is 4.92. The van der Waals surface area contributed by atoms with Crippen LogP contribution in [-0.4, -0.2) is 17.9 Å². The minimum atomic E-state index is -0.301. The standard InChI is InChI=1S/C30H44O3/c1-18(17-31)19-10-13-28(5)24(33)16-30(7)20(25(19)28)8-9-22-27(4)14-12-23(32)26(2,3)21(27)11-15-29(22,30)6/h17,19-22,25H,1,8-16H2,2-7H3/t19-,20+,21-,22+,25+,27-,28+,29+,30+/m0/s1. The van der Waals surface area contributed by atoms with Gasteiger partial charge in [0.05, 0.1) is 0 Å². The van der Waals surface area contributed by atoms with E-state index in [1.165, 1.54) is 6.42 Å². The van der Waals surface area contributed by atoms with E-state index < -0.39 is 0 Å². The van der Waals surface area contributed by atoms with Crippen LogP contribution in [-0.2, 0) is 14.4 Å². The molecule has 5 aliphatic rings. The monoisotopic (exact) mass is 452 g/mol. The minimum absolute atomic E-state index is 0.0531. The number of carbonyl (C=O) groups excluding carboxylic acids is 3. The summed E-state index contributed by atoms with van der Waals surface area (Å²) in [5, 5.41) is 0. The molecular weight excluding hydrogens is 408 g/mol. The van der Waals surface area contributed by atoms with Crippen molar-refractivity contribution < 1.29 is 14.4 Å². The number of hydrogen-bond donors (Lipinski definition) is 0. The fourth-order valence-electron chi connectivity index (χ4n) is 11.0. The van der Waals surface area contributed by atoms with Crippen molar-refractivity contribution in [2.24, 2.45) is 56.7 Å². The van der Waals surface area contributed by atoms with Gasteiger partial charge < -0.3 is 0 Å². The van der Waals surface area contributed by atoms with Gasteiger partial charge in [0.15, 0.2) is 0 Å². The molecule has 9 atom stereocenters. The average Bonchev–Trinajstić information content (AvgIpc) is 3.10. The molecule has 182 valence electrons. The summed E-state index contributed by atoms with van der Waals surface area (Å²) < 4.78 is 0. The molecule has 0 spiro atoms. The smallest absolute Gasteiger partial charge is 0.145 e. The highest BCUT2D eigenvalue weighted by Gasteiger charge is 2.72. The first kappa shape index (κ1) is 23.5. The third-order valence-corrected chi connectivity index (χ3v) is 13.1. The lowest BCUT2D eigenvalue weighted by Crippen LogP contribution is -2.67. The van der Waals surface area contributed by atoms with Crippen LogP contribution < -0.4 is 0 Å². The molecule has 0 aliphatic heterocycles. The van der Waals surface area contributed by atoms with Gasteiger partial charge in [-0.15, -0.1) is 0 Å². The molecule has 0 aromatic heterocycles. The van der Waals surface area contributed by atoms with Crippen LogP contribution in [0, 0.1) is 56.7 Å². The zero-order valence-corrected chi connectivity index (χ0v) is 21.8. The van der Waals surface area contributed by atoms with Crippen LogP contribution in [0.2, 0.25) is 0 Å². The Hall–Kier alpha value is -1.25. The molecule has 0 bridgehead atoms. The molecule has 5 rings (SSSR count). The first-order valence-electron chi connectivity index (χ1n) is 13.5. The van der Waals surface area contributed by atoms with E-state index in [1.807, 2.05) is 0 Å². The summed E-state index contributed by atoms with van der Waals surface area (Å²) in [5.74, 6) is 2.71. The summed E-state index contributed by atoms with van der Waals surface area (Å²) in [6.45, 7) is 18.1. The van der Waals surface area contributed by atoms with Crippen molar-refractivity contribution >= 4 is 17.9 Å². The molecule has 0 aromatic rings. The van der Waals surface area contributed by atoms with Crippen LogP contribution >= 0.6 is 0 Å². The lowest BCUT2D eigenvalue weighted by molar-refractivity contribution is -0.228. The van der Waals surface area contributed by atoms with Crippen molar-refractivity contribution in [3.05, 3.63) is 12.2 Å². The van der Waals surface area contributed by atoms with E-state index in [4.69, 9.17) is 0 Å². The number of ketones is 2. The van der Waals surface area contributed by atoms with Crippen molar-refractivity contribution in [2.75, 3.05) is 0 Å². The summed E-state index contributed by atoms with van der Waals surface area (Å²) >= 11 is 0. The zero-order valence-electron chi connectivity index (χ0n) is 21.8. The molecule has 0 heterocycles. The maximum atomic E-state index is 13.9. The number of carbonyl (C=O) groups is 3. The Bertz CT molecular complexity index is 931. The highest BCUT2D eigenvalue weighted by Crippen LogP contribution is 2.76. The fourth-order valence-corrected chi connectivity index (χ4v) is 11.0. The number of rotatable bonds is 2. The Labute approximate surface area is 200 Å². The topological polar surface area (TPSA) is 51.2 Å². The molecule has 33 heavy (non-hydrogen) atoms. The van der Waals surface area contributed by atoms with Gasteiger partial charge in [-0.1, -0.05) is 48.1 Å². The Morgan fingerprint density at radius 1 is 0.848 bits per heavy atom. The van der Waals surface area contributed by atoms with Gasteiger partial charge in [0, 0.05) is 23.7 Å². The molecule has 0 radical (unpaired) electrons. The van der Waals surface area contributed by atoms with Crippen molar-refractivity contribution in [1.29, 1.82) is 0 Å². The number of Topliss-reactive ketones (excluding diaryl/α,β-unsaturated/α-hetero) is 2. The van der Waals surface area contributed by atoms with Crippen LogP contribution in [0.5, 0.6) is 0 Å². The van der Waals surface area contributed by atoms with Crippen LogP contribution in [0.3, 0.4) is 0 Å². The molecule has 0 aromatic carbocycles. The van der Waals surface area contributed by atoms with Gasteiger partial charge in [-0.2, -0.15) is 0 Å². The largest absolute Gasteiger partial charge is 0.299 e. The van der Waals surface area contributed by atoms with E-state index >= 15 is 0 Å². The molecule has 0 amide bonds. The van der Waals surface area contributed by atoms with E-state index in [0.717, 1.165) is 44.8 Å². The van der Waals surface area contributed by atoms with Crippen LogP contribution in [0.1, 0.15) is 99.3 Å². The van der Waals surface area contributed by atoms with E-state index in [-0.39, 0.29) is 38.9 Å². The normalized spacial score (nSPS) is 52.8. The van der Waals surface area contributed by atoms with E-state index in [2.05, 4.69) is 48.1 Å². The first-order chi connectivity index (χ1) is 15.3. The van der Waals surface area contributed by atoms with E-state index in [0.29, 0.717) is 47.7 Å². The first-order valence-corrected chi connectivity index (χ1v) is 13.5. The van der Waals surface area contributed by atoms with Crippen molar-refractivity contribution in [3.63, 3.8) is 0 Å². The SMILES string of the molecule is C=C(C=O)[C@@H]1CC[C@]2(C)C(=O)C[C@]3(C)[C@H](CC[C@@H]4[C@@]5(C)CCC(=O)C(C)(C)[C@@H]5CC[C@]43C)[C@@H]12. The number of aldehydes is 1. The van der Waals surface area contributed by atoms with Gasteiger partial charge in [0.1, 0.15) is 17.9 Å². The number of hydrogen-bond acceptors (Lipinski definition) is 3. The summed E-state index contributed by atoms with van der Waals surface area (Å²) in [5.41, 5.74) is 0.350. The number of fused-ring (bicyclic) bond motifs is 7. The Morgan fingerprint density at radius 3 is 2.21 bits per heavy atom. The zero-order chi connectivity index (χ0) is 24.2. The predicted octanol–water partition coefficient (Wildman–Crippen LogP) is 6.59. The van der Waals surface area contributed by atoms with Gasteiger partial charge >= 0.3 is 0 Å². The van der Waals surface area contributed by atoms with Gasteiger partial charge in [-0.25, -0.2) is 0 Å². The second-order valence-electron chi connectivity index (χ2n) is 14.2. The second kappa shape index (κ2) is 6.91. The van der Waals surface area contributed by atoms with Crippen molar-refractivity contribution in [3.8, 4) is 0 Å². The van der Waals surface area contributed by atoms with E-state index in [9.17, 15) is 14.4 Å². The molecule has 0 saturated heterocycles. The molecule has 0 unspecified atom stereocenters. The summed E-state index contributed by atoms with van der Waals surface area (Å²) in [6, 6.07) is 0. The van der Waals surface area contributed by atoms with Crippen LogP contribution in [0.15, 0.2) is 12.2 Å². The average molecular weight is 453 g/mol. The third kappa shape index (κ3) is 2.66. The summed E-state index contributed by atoms with van der Waals surface area (Å²) in [6.07, 6.45) is 9.69. The molecule has 5 saturated carbocycles. The molecule has 5 aliphatic carbocycles. The van der Waals surface area contributed by atoms with Crippen molar-refractivity contribution in [2.45, 2.75) is 99.3 Å². The molecule has 3 heteroatoms. The molecular formula is C30H44O3. The van der Waals surface area contributed by atoms with Crippen LogP contribution in [0.4, 0.5) is 0 Å². The molecule has 0 N–H and O–H groups in total. The quantitative estimate of drug-likeness (QED) is 0.351. The Balaban J connectivity index is 1.58. The minimum Gasteiger partial charge on any atom is -0.299 e. The lowest BCUT2D eigenvalue weighted by Gasteiger charge is -2.72. The summed E-state index contributed by atoms with van der Waals surface area (Å²) in [4.78, 5) is 38.5. The Morgan fingerprint density at radius 2 is 1.55 bits per heavy atom. The van der Waals surface area contributed by atoms with Crippen molar-refractivity contribution in [1.82, 2.24) is 0 Å². The molecule has 5 fully saturated rings.